The Labute approximate surface area is 601 Å². The fraction of sp³-hybridized carbons (Fsp3) is 0.533. The number of hydrogen-bond acceptors (Lipinski definition) is 9. The van der Waals surface area contributed by atoms with Crippen LogP contribution in [-0.4, -0.2) is 66.3 Å². The third-order valence-electron chi connectivity index (χ3n) is 19.4. The van der Waals surface area contributed by atoms with Crippen LogP contribution >= 0.6 is 0 Å². The van der Waals surface area contributed by atoms with Gasteiger partial charge in [0.25, 0.3) is 0 Å². The molecule has 9 heteroatoms. The lowest BCUT2D eigenvalue weighted by molar-refractivity contribution is 0.0516. The minimum Gasteiger partial charge on any atom is -0.507 e. The lowest BCUT2D eigenvalue weighted by Gasteiger charge is -2.37. The first-order valence-corrected chi connectivity index (χ1v) is 37.4. The van der Waals surface area contributed by atoms with Crippen molar-refractivity contribution < 1.29 is 34.3 Å². The summed E-state index contributed by atoms with van der Waals surface area (Å²) in [6, 6.07) is 25.1. The molecule has 0 aliphatic rings. The SMILES string of the molecule is C=CCCCCCOc1ccc(C(C)(C)C)cc1C(O)(c1cc(C(C)(C)C)ccc1OCCCCCC=C)[C@@H](C)N=Cc1cc(C)c(CCCCCC=C)c(C=N[C@H](C)C(O)(c2cc(C(C)(C)C)ccc2OCCCCCC=C)c2cc(C(C)(C)C)ccc2OCCCCCC=C)c1O. The highest BCUT2D eigenvalue weighted by Gasteiger charge is 2.46. The second kappa shape index (κ2) is 39.3. The second-order valence-electron chi connectivity index (χ2n) is 31.6. The van der Waals surface area contributed by atoms with Crippen LogP contribution < -0.4 is 18.9 Å². The molecular formula is C90H130N2O7. The third kappa shape index (κ3) is 23.8. The van der Waals surface area contributed by atoms with Crippen molar-refractivity contribution in [3.8, 4) is 28.7 Å². The van der Waals surface area contributed by atoms with Gasteiger partial charge < -0.3 is 34.3 Å². The van der Waals surface area contributed by atoms with E-state index >= 15 is 0 Å². The van der Waals surface area contributed by atoms with Gasteiger partial charge in [-0.15, -0.1) is 32.9 Å². The molecule has 3 N–H and O–H groups in total. The molecule has 0 aliphatic carbocycles. The Morgan fingerprint density at radius 2 is 0.657 bits per heavy atom. The van der Waals surface area contributed by atoms with Gasteiger partial charge in [-0.1, -0.05) is 144 Å². The Kier molecular flexibility index (Phi) is 32.9. The molecular weight excluding hydrogens is 1220 g/mol. The van der Waals surface area contributed by atoms with Crippen molar-refractivity contribution in [2.45, 2.75) is 284 Å². The smallest absolute Gasteiger partial charge is 0.144 e. The largest absolute Gasteiger partial charge is 0.507 e. The van der Waals surface area contributed by atoms with Crippen molar-refractivity contribution in [3.63, 3.8) is 0 Å². The quantitative estimate of drug-likeness (QED) is 0.0202. The van der Waals surface area contributed by atoms with E-state index in [0.29, 0.717) is 89.2 Å². The monoisotopic (exact) mass is 1350 g/mol. The standard InChI is InChI=1S/C90H130N2O7/c1-21-26-31-36-41-46-74-66(6)59-69(64-91-67(7)89(94,76-60-70(85(9,10)11)47-51-80(76)96-55-42-37-32-27-22-2)77-61-71(86(12,13)14)48-52-81(77)97-56-43-38-33-28-23-3)84(93)75(74)65-92-68(8)90(95,78-62-72(87(15,16)17)49-53-82(78)98-57-44-39-34-29-24-4)79-63-73(88(18,19)20)50-54-83(79)99-58-45-40-35-30-25-5/h21-25,47-54,59-65,67-68,93-95H,1-5,26-46,55-58H2,6-20H3/t67-,68-/m1/s1. The Morgan fingerprint density at radius 1 is 0.384 bits per heavy atom. The summed E-state index contributed by atoms with van der Waals surface area (Å²) in [6.45, 7) is 53.8. The van der Waals surface area contributed by atoms with Crippen LogP contribution in [0.4, 0.5) is 0 Å². The van der Waals surface area contributed by atoms with Gasteiger partial charge in [0.1, 0.15) is 39.9 Å². The summed E-state index contributed by atoms with van der Waals surface area (Å²) in [5.74, 6) is 2.29. The van der Waals surface area contributed by atoms with E-state index in [1.165, 1.54) is 0 Å². The van der Waals surface area contributed by atoms with Crippen molar-refractivity contribution in [1.82, 2.24) is 0 Å². The number of nitrogens with zero attached hydrogens (tertiary/aromatic N) is 2. The van der Waals surface area contributed by atoms with Gasteiger partial charge in [0.2, 0.25) is 0 Å². The molecule has 9 nitrogen and oxygen atoms in total. The number of aromatic hydroxyl groups is 1. The first-order chi connectivity index (χ1) is 46.9. The van der Waals surface area contributed by atoms with Crippen LogP contribution in [0.2, 0.25) is 0 Å². The lowest BCUT2D eigenvalue weighted by Crippen LogP contribution is -2.39. The zero-order valence-electron chi connectivity index (χ0n) is 64.3. The summed E-state index contributed by atoms with van der Waals surface area (Å²) >= 11 is 0. The molecule has 99 heavy (non-hydrogen) atoms. The van der Waals surface area contributed by atoms with Gasteiger partial charge in [-0.3, -0.25) is 9.98 Å². The number of aryl methyl sites for hydroxylation is 1. The van der Waals surface area contributed by atoms with Crippen molar-refractivity contribution in [1.29, 1.82) is 0 Å². The van der Waals surface area contributed by atoms with Crippen LogP contribution in [0.3, 0.4) is 0 Å². The van der Waals surface area contributed by atoms with E-state index in [0.717, 1.165) is 162 Å². The molecule has 2 atom stereocenters. The van der Waals surface area contributed by atoms with Crippen LogP contribution in [-0.2, 0) is 39.3 Å². The summed E-state index contributed by atoms with van der Waals surface area (Å²) < 4.78 is 27.3. The van der Waals surface area contributed by atoms with E-state index in [1.54, 1.807) is 12.4 Å². The molecule has 0 aliphatic heterocycles. The van der Waals surface area contributed by atoms with Crippen molar-refractivity contribution in [2.75, 3.05) is 26.4 Å². The third-order valence-corrected chi connectivity index (χ3v) is 19.4. The highest BCUT2D eigenvalue weighted by atomic mass is 16.5. The molecule has 0 amide bonds. The minimum absolute atomic E-state index is 0.00324. The number of phenols is 1. The lowest BCUT2D eigenvalue weighted by atomic mass is 9.75. The summed E-state index contributed by atoms with van der Waals surface area (Å²) in [5, 5.41) is 42.3. The first-order valence-electron chi connectivity index (χ1n) is 37.4. The highest BCUT2D eigenvalue weighted by Crippen LogP contribution is 2.49. The Balaban J connectivity index is 1.85. The average Bonchev–Trinajstić information content (AvgIpc) is 0.747. The number of benzene rings is 5. The highest BCUT2D eigenvalue weighted by molar-refractivity contribution is 5.94. The minimum atomic E-state index is -1.85. The van der Waals surface area contributed by atoms with Crippen LogP contribution in [0, 0.1) is 6.92 Å². The summed E-state index contributed by atoms with van der Waals surface area (Å²) in [6.07, 6.45) is 32.8. The molecule has 542 valence electrons. The maximum atomic E-state index is 14.6. The zero-order chi connectivity index (χ0) is 73.0. The van der Waals surface area contributed by atoms with Crippen molar-refractivity contribution in [3.05, 3.63) is 209 Å². The zero-order valence-corrected chi connectivity index (χ0v) is 64.3. The number of aliphatic imine (C=N–C) groups is 2. The number of hydrogen-bond donors (Lipinski definition) is 3. The molecule has 0 saturated carbocycles. The fourth-order valence-electron chi connectivity index (χ4n) is 12.7. The molecule has 0 unspecified atom stereocenters. The van der Waals surface area contributed by atoms with E-state index in [9.17, 15) is 15.3 Å². The van der Waals surface area contributed by atoms with Gasteiger partial charge in [0.05, 0.1) is 38.5 Å². The molecule has 5 aromatic rings. The van der Waals surface area contributed by atoms with Crippen molar-refractivity contribution >= 4 is 12.4 Å². The Bertz CT molecular complexity index is 3260. The predicted molar refractivity (Wildman–Crippen MR) is 423 cm³/mol. The molecule has 0 saturated heterocycles. The van der Waals surface area contributed by atoms with Crippen LogP contribution in [0.15, 0.2) is 152 Å². The molecule has 0 aromatic heterocycles. The van der Waals surface area contributed by atoms with Gasteiger partial charge in [-0.2, -0.15) is 0 Å². The fourth-order valence-corrected chi connectivity index (χ4v) is 12.7. The molecule has 5 aromatic carbocycles. The molecule has 5 rings (SSSR count). The molecule has 0 bridgehead atoms. The average molecular weight is 1350 g/mol. The van der Waals surface area contributed by atoms with Crippen LogP contribution in [0.5, 0.6) is 28.7 Å². The predicted octanol–water partition coefficient (Wildman–Crippen LogP) is 23.2. The van der Waals surface area contributed by atoms with Gasteiger partial charge in [-0.05, 0) is 259 Å². The number of unbranched alkanes of at least 4 members (excludes halogenated alkanes) is 15. The number of aliphatic hydroxyl groups is 2. The molecule has 0 fully saturated rings. The van der Waals surface area contributed by atoms with Crippen molar-refractivity contribution in [2.24, 2.45) is 9.98 Å². The second-order valence-corrected chi connectivity index (χ2v) is 31.6. The number of ether oxygens (including phenoxy) is 4. The summed E-state index contributed by atoms with van der Waals surface area (Å²) in [7, 11) is 0. The Hall–Kier alpha value is -6.94. The first kappa shape index (κ1) is 82.7. The number of phenolic OH excluding ortho intramolecular Hbond substituents is 1. The van der Waals surface area contributed by atoms with Crippen LogP contribution in [0.1, 0.15) is 292 Å². The van der Waals surface area contributed by atoms with Gasteiger partial charge >= 0.3 is 0 Å². The van der Waals surface area contributed by atoms with Crippen LogP contribution in [0.25, 0.3) is 0 Å². The van der Waals surface area contributed by atoms with Gasteiger partial charge in [0.15, 0.2) is 0 Å². The summed E-state index contributed by atoms with van der Waals surface area (Å²) in [5.41, 5.74) is 4.53. The molecule has 0 radical (unpaired) electrons. The van der Waals surface area contributed by atoms with E-state index in [4.69, 9.17) is 28.9 Å². The normalized spacial score (nSPS) is 13.2. The maximum absolute atomic E-state index is 14.6. The van der Waals surface area contributed by atoms with Gasteiger partial charge in [-0.25, -0.2) is 0 Å². The van der Waals surface area contributed by atoms with E-state index in [1.807, 2.05) is 74.6 Å². The van der Waals surface area contributed by atoms with E-state index < -0.39 is 23.3 Å². The number of allylic oxidation sites excluding steroid dienone is 5. The molecule has 0 spiro atoms. The van der Waals surface area contributed by atoms with E-state index in [2.05, 4.69) is 171 Å². The maximum Gasteiger partial charge on any atom is 0.144 e. The summed E-state index contributed by atoms with van der Waals surface area (Å²) in [4.78, 5) is 10.9. The van der Waals surface area contributed by atoms with E-state index in [-0.39, 0.29) is 27.4 Å². The topological polar surface area (TPSA) is 122 Å². The van der Waals surface area contributed by atoms with Gasteiger partial charge in [0, 0.05) is 45.8 Å². The molecule has 0 heterocycles. The Morgan fingerprint density at radius 3 is 0.929 bits per heavy atom. The number of rotatable bonds is 44.